The third kappa shape index (κ3) is 8.67. The van der Waals surface area contributed by atoms with Crippen LogP contribution < -0.4 is 0 Å². The third-order valence-corrected chi connectivity index (χ3v) is 6.82. The smallest absolute Gasteiger partial charge is 0.303 e. The van der Waals surface area contributed by atoms with E-state index >= 15 is 0 Å². The molecule has 2 aliphatic heterocycles. The molecule has 1 aromatic carbocycles. The van der Waals surface area contributed by atoms with Crippen molar-refractivity contribution in [3.05, 3.63) is 60.7 Å². The highest BCUT2D eigenvalue weighted by Gasteiger charge is 2.55. The van der Waals surface area contributed by atoms with Crippen LogP contribution in [0, 0.1) is 0 Å². The maximum absolute atomic E-state index is 13.9. The first kappa shape index (κ1) is 32.8. The minimum Gasteiger partial charge on any atom is -0.462 e. The largest absolute Gasteiger partial charge is 0.462 e. The summed E-state index contributed by atoms with van der Waals surface area (Å²) in [6.07, 6.45) is -1.75. The van der Waals surface area contributed by atoms with Crippen molar-refractivity contribution in [2.75, 3.05) is 6.61 Å². The van der Waals surface area contributed by atoms with E-state index < -0.39 is 71.2 Å². The van der Waals surface area contributed by atoms with E-state index in [1.165, 1.54) is 26.8 Å². The summed E-state index contributed by atoms with van der Waals surface area (Å²) in [5, 5.41) is 0. The molecule has 0 spiro atoms. The van der Waals surface area contributed by atoms with Gasteiger partial charge in [-0.2, -0.15) is 0 Å². The Morgan fingerprint density at radius 1 is 1.07 bits per heavy atom. The predicted molar refractivity (Wildman–Crippen MR) is 148 cm³/mol. The lowest BCUT2D eigenvalue weighted by molar-refractivity contribution is -0.190. The Hall–Kier alpha value is -3.67. The van der Waals surface area contributed by atoms with Crippen LogP contribution in [0.3, 0.4) is 0 Å². The van der Waals surface area contributed by atoms with Crippen LogP contribution >= 0.6 is 0 Å². The Labute approximate surface area is 245 Å². The molecule has 2 aliphatic rings. The lowest BCUT2D eigenvalue weighted by Gasteiger charge is -2.37. The first-order valence-corrected chi connectivity index (χ1v) is 13.6. The summed E-state index contributed by atoms with van der Waals surface area (Å²) in [5.74, 6) is -3.08. The summed E-state index contributed by atoms with van der Waals surface area (Å²) in [7, 11) is 0. The van der Waals surface area contributed by atoms with Gasteiger partial charge in [0.1, 0.15) is 18.3 Å². The van der Waals surface area contributed by atoms with E-state index in [1.807, 2.05) is 30.3 Å². The van der Waals surface area contributed by atoms with E-state index in [0.717, 1.165) is 12.5 Å². The topological polar surface area (TPSA) is 141 Å². The second-order valence-corrected chi connectivity index (χ2v) is 10.9. The monoisotopic (exact) mass is 586 g/mol. The van der Waals surface area contributed by atoms with E-state index in [1.54, 1.807) is 19.1 Å². The maximum atomic E-state index is 13.9. The first-order valence-electron chi connectivity index (χ1n) is 13.6. The number of rotatable bonds is 13. The van der Waals surface area contributed by atoms with E-state index in [-0.39, 0.29) is 19.6 Å². The number of benzene rings is 1. The number of ether oxygens (including phenoxy) is 6. The molecular formula is C31H38O11. The van der Waals surface area contributed by atoms with Crippen LogP contribution in [0.5, 0.6) is 0 Å². The highest BCUT2D eigenvalue weighted by molar-refractivity contribution is 5.97. The van der Waals surface area contributed by atoms with Crippen molar-refractivity contribution in [3.63, 3.8) is 0 Å². The molecule has 7 atom stereocenters. The number of hydrogen-bond acceptors (Lipinski definition) is 11. The Kier molecular flexibility index (Phi) is 10.9. The highest BCUT2D eigenvalue weighted by atomic mass is 16.6. The summed E-state index contributed by atoms with van der Waals surface area (Å²) in [5.41, 5.74) is -1.56. The van der Waals surface area contributed by atoms with Crippen molar-refractivity contribution >= 4 is 29.5 Å². The number of esters is 3. The van der Waals surface area contributed by atoms with Crippen LogP contribution in [0.25, 0.3) is 0 Å². The molecule has 0 aliphatic carbocycles. The summed E-state index contributed by atoms with van der Waals surface area (Å²) in [4.78, 5) is 62.7. The Balaban J connectivity index is 1.97. The normalized spacial score (nSPS) is 27.5. The Morgan fingerprint density at radius 3 is 2.36 bits per heavy atom. The molecular weight excluding hydrogens is 548 g/mol. The van der Waals surface area contributed by atoms with Gasteiger partial charge in [-0.1, -0.05) is 36.4 Å². The predicted octanol–water partition coefficient (Wildman–Crippen LogP) is 2.97. The number of ketones is 2. The molecule has 0 radical (unpaired) electrons. The molecule has 1 fully saturated rings. The van der Waals surface area contributed by atoms with Gasteiger partial charge in [-0.05, 0) is 38.0 Å². The molecule has 11 nitrogen and oxygen atoms in total. The van der Waals surface area contributed by atoms with Crippen LogP contribution in [0.4, 0.5) is 0 Å². The van der Waals surface area contributed by atoms with Crippen LogP contribution in [-0.2, 0) is 59.0 Å². The molecule has 0 saturated carbocycles. The van der Waals surface area contributed by atoms with Gasteiger partial charge in [0.15, 0.2) is 29.9 Å². The molecule has 0 amide bonds. The van der Waals surface area contributed by atoms with Gasteiger partial charge in [-0.3, -0.25) is 24.0 Å². The van der Waals surface area contributed by atoms with Gasteiger partial charge < -0.3 is 28.4 Å². The molecule has 0 N–H and O–H groups in total. The summed E-state index contributed by atoms with van der Waals surface area (Å²) >= 11 is 0. The number of carbonyl (C=O) groups is 5. The lowest BCUT2D eigenvalue weighted by Crippen LogP contribution is -2.53. The standard InChI is InChI=1S/C31H38O11/c1-7-14-30(5)15-13-23(35)26(42-30)29(39-20(3)33)28-25(36)27(37-17-22-11-9-8-10-12-22)24(40-28)16-31(6,41-21(4)34)18-38-19(2)32/h7-13,15,24,26-29H,1,14,16-18H2,2-6H3/t24?,26-,27-,28+,29+,30?,31?/m0/s1. The number of Topliss-reactive ketones (excluding diaryl/α,β-unsaturated/α-hetero) is 1. The van der Waals surface area contributed by atoms with Gasteiger partial charge in [0, 0.05) is 27.2 Å². The first-order chi connectivity index (χ1) is 19.8. The molecule has 3 rings (SSSR count). The van der Waals surface area contributed by atoms with Crippen LogP contribution in [0.1, 0.15) is 53.0 Å². The quantitative estimate of drug-likeness (QED) is 0.191. The van der Waals surface area contributed by atoms with Crippen molar-refractivity contribution < 1.29 is 52.4 Å². The van der Waals surface area contributed by atoms with E-state index in [9.17, 15) is 24.0 Å². The zero-order chi connectivity index (χ0) is 31.1. The fourth-order valence-corrected chi connectivity index (χ4v) is 5.02. The highest BCUT2D eigenvalue weighted by Crippen LogP contribution is 2.35. The van der Waals surface area contributed by atoms with Gasteiger partial charge in [0.25, 0.3) is 0 Å². The molecule has 1 aromatic rings. The van der Waals surface area contributed by atoms with Gasteiger partial charge in [-0.25, -0.2) is 0 Å². The summed E-state index contributed by atoms with van der Waals surface area (Å²) < 4.78 is 34.5. The molecule has 2 heterocycles. The van der Waals surface area contributed by atoms with E-state index in [2.05, 4.69) is 6.58 Å². The SMILES string of the molecule is C=CCC1(C)C=CC(=O)[C@@H]([C@@H](OC(C)=O)[C@@H]2OC(CC(C)(COC(C)=O)OC(C)=O)[C@H](OCc3ccccc3)C2=O)O1. The van der Waals surface area contributed by atoms with Crippen molar-refractivity contribution in [2.24, 2.45) is 0 Å². The molecule has 11 heteroatoms. The zero-order valence-corrected chi connectivity index (χ0v) is 24.5. The molecule has 1 saturated heterocycles. The van der Waals surface area contributed by atoms with Crippen molar-refractivity contribution in [1.82, 2.24) is 0 Å². The van der Waals surface area contributed by atoms with E-state index in [4.69, 9.17) is 28.4 Å². The van der Waals surface area contributed by atoms with E-state index in [0.29, 0.717) is 6.42 Å². The average Bonchev–Trinajstić information content (AvgIpc) is 3.20. The molecule has 42 heavy (non-hydrogen) atoms. The van der Waals surface area contributed by atoms with Gasteiger partial charge in [-0.15, -0.1) is 6.58 Å². The molecule has 0 bridgehead atoms. The van der Waals surface area contributed by atoms with Gasteiger partial charge >= 0.3 is 17.9 Å². The molecule has 0 aromatic heterocycles. The summed E-state index contributed by atoms with van der Waals surface area (Å²) in [6.45, 7) is 10.3. The zero-order valence-electron chi connectivity index (χ0n) is 24.5. The van der Waals surface area contributed by atoms with Crippen LogP contribution in [0.2, 0.25) is 0 Å². The molecule has 3 unspecified atom stereocenters. The van der Waals surface area contributed by atoms with Crippen LogP contribution in [-0.4, -0.2) is 77.8 Å². The number of hydrogen-bond donors (Lipinski definition) is 0. The second kappa shape index (κ2) is 14.0. The fraction of sp³-hybridized carbons (Fsp3) is 0.516. The fourth-order valence-electron chi connectivity index (χ4n) is 5.02. The molecule has 228 valence electrons. The van der Waals surface area contributed by atoms with Gasteiger partial charge in [0.2, 0.25) is 0 Å². The maximum Gasteiger partial charge on any atom is 0.303 e. The lowest BCUT2D eigenvalue weighted by atomic mass is 9.91. The van der Waals surface area contributed by atoms with Gasteiger partial charge in [0.05, 0.1) is 18.3 Å². The minimum absolute atomic E-state index is 0.0370. The van der Waals surface area contributed by atoms with Crippen LogP contribution in [0.15, 0.2) is 55.1 Å². The van der Waals surface area contributed by atoms with Crippen molar-refractivity contribution in [3.8, 4) is 0 Å². The average molecular weight is 587 g/mol. The van der Waals surface area contributed by atoms with Crippen molar-refractivity contribution in [1.29, 1.82) is 0 Å². The second-order valence-electron chi connectivity index (χ2n) is 10.9. The number of carbonyl (C=O) groups excluding carboxylic acids is 5. The summed E-state index contributed by atoms with van der Waals surface area (Å²) in [6, 6.07) is 9.11. The Morgan fingerprint density at radius 2 is 1.76 bits per heavy atom. The minimum atomic E-state index is -1.46. The van der Waals surface area contributed by atoms with Crippen molar-refractivity contribution in [2.45, 2.75) is 95.8 Å². The third-order valence-electron chi connectivity index (χ3n) is 6.82. The Bertz CT molecular complexity index is 1210.